The van der Waals surface area contributed by atoms with E-state index >= 15 is 0 Å². The van der Waals surface area contributed by atoms with Crippen LogP contribution < -0.4 is 5.32 Å². The number of nitrogens with one attached hydrogen (secondary N) is 2. The number of fused-ring (bicyclic) bond motifs is 2. The Bertz CT molecular complexity index is 1120. The molecule has 2 N–H and O–H groups in total. The summed E-state index contributed by atoms with van der Waals surface area (Å²) in [4.78, 5) is 6.31. The van der Waals surface area contributed by atoms with E-state index in [1.165, 1.54) is 5.56 Å². The third-order valence-corrected chi connectivity index (χ3v) is 5.23. The van der Waals surface area contributed by atoms with Crippen LogP contribution in [0.25, 0.3) is 10.9 Å². The Balaban J connectivity index is 1.33. The lowest BCUT2D eigenvalue weighted by molar-refractivity contribution is 0.261. The van der Waals surface area contributed by atoms with Crippen molar-refractivity contribution in [2.45, 2.75) is 6.42 Å². The van der Waals surface area contributed by atoms with Crippen molar-refractivity contribution in [3.8, 4) is 0 Å². The minimum absolute atomic E-state index is 0.504. The molecule has 2 aliphatic heterocycles. The molecule has 0 radical (unpaired) electrons. The van der Waals surface area contributed by atoms with Gasteiger partial charge in [0.15, 0.2) is 0 Å². The smallest absolute Gasteiger partial charge is 0.145 e. The number of H-pyrrole nitrogens is 1. The van der Waals surface area contributed by atoms with Crippen LogP contribution in [0.2, 0.25) is 5.02 Å². The van der Waals surface area contributed by atoms with Crippen molar-refractivity contribution in [2.75, 3.05) is 18.5 Å². The zero-order valence-electron chi connectivity index (χ0n) is 15.0. The average molecular weight is 392 g/mol. The predicted molar refractivity (Wildman–Crippen MR) is 110 cm³/mol. The summed E-state index contributed by atoms with van der Waals surface area (Å²) in [5.74, 6) is 0.883. The number of ether oxygens (including phenoxy) is 1. The van der Waals surface area contributed by atoms with Crippen LogP contribution in [0.5, 0.6) is 0 Å². The summed E-state index contributed by atoms with van der Waals surface area (Å²) in [5, 5.41) is 12.1. The quantitative estimate of drug-likeness (QED) is 0.681. The molecule has 0 fully saturated rings. The van der Waals surface area contributed by atoms with Gasteiger partial charge in [-0.3, -0.25) is 10.1 Å². The molecule has 0 spiro atoms. The molecule has 0 saturated carbocycles. The van der Waals surface area contributed by atoms with Gasteiger partial charge in [0.25, 0.3) is 0 Å². The van der Waals surface area contributed by atoms with Crippen LogP contribution in [0, 0.1) is 0 Å². The second-order valence-electron chi connectivity index (χ2n) is 6.72. The molecule has 4 heterocycles. The van der Waals surface area contributed by atoms with Gasteiger partial charge in [-0.1, -0.05) is 17.7 Å². The molecule has 0 saturated heterocycles. The van der Waals surface area contributed by atoms with E-state index in [1.807, 2.05) is 24.4 Å². The largest absolute Gasteiger partial charge is 0.485 e. The fraction of sp³-hybridized carbons (Fsp3) is 0.143. The van der Waals surface area contributed by atoms with E-state index in [0.717, 1.165) is 46.6 Å². The molecule has 6 nitrogen and oxygen atoms in total. The summed E-state index contributed by atoms with van der Waals surface area (Å²) in [6, 6.07) is 7.88. The Hall–Kier alpha value is -3.25. The summed E-state index contributed by atoms with van der Waals surface area (Å²) in [6.45, 7) is 1.38. The molecule has 0 unspecified atom stereocenters. The van der Waals surface area contributed by atoms with Gasteiger partial charge >= 0.3 is 0 Å². The number of hydrogen-bond donors (Lipinski definition) is 2. The number of nitrogens with zero attached hydrogens (tertiary/aromatic N) is 3. The van der Waals surface area contributed by atoms with Crippen molar-refractivity contribution in [3.63, 3.8) is 0 Å². The maximum Gasteiger partial charge on any atom is 0.145 e. The molecular formula is C21H18ClN5O. The summed E-state index contributed by atoms with van der Waals surface area (Å²) in [7, 11) is 0. The zero-order valence-corrected chi connectivity index (χ0v) is 15.8. The number of anilines is 1. The molecule has 0 bridgehead atoms. The molecule has 140 valence electrons. The Morgan fingerprint density at radius 3 is 3.11 bits per heavy atom. The molecular weight excluding hydrogens is 374 g/mol. The number of hydrogen-bond acceptors (Lipinski definition) is 5. The standard InChI is InChI=1S/C21H18ClN5O/c22-17-3-4-18(16-11-24-26-21(16)17)25-19-13-28-20-12-27(9-6-15(19)20)8-5-14-2-1-7-23-10-14/h1-4,6-7,9-12,25H,5,8,13H2,(H,24,26). The molecule has 7 heteroatoms. The monoisotopic (exact) mass is 391 g/mol. The number of benzene rings is 1. The van der Waals surface area contributed by atoms with E-state index < -0.39 is 0 Å². The second-order valence-corrected chi connectivity index (χ2v) is 7.12. The predicted octanol–water partition coefficient (Wildman–Crippen LogP) is 4.22. The fourth-order valence-corrected chi connectivity index (χ4v) is 3.63. The molecule has 5 rings (SSSR count). The van der Waals surface area contributed by atoms with Crippen molar-refractivity contribution in [1.29, 1.82) is 0 Å². The topological polar surface area (TPSA) is 66.1 Å². The highest BCUT2D eigenvalue weighted by Gasteiger charge is 2.23. The lowest BCUT2D eigenvalue weighted by atomic mass is 10.1. The fourth-order valence-electron chi connectivity index (χ4n) is 3.43. The number of allylic oxidation sites excluding steroid dienone is 1. The first kappa shape index (κ1) is 16.9. The van der Waals surface area contributed by atoms with E-state index in [2.05, 4.69) is 49.9 Å². The highest BCUT2D eigenvalue weighted by molar-refractivity contribution is 6.35. The van der Waals surface area contributed by atoms with E-state index in [9.17, 15) is 0 Å². The van der Waals surface area contributed by atoms with E-state index in [1.54, 1.807) is 12.4 Å². The third-order valence-electron chi connectivity index (χ3n) is 4.91. The molecule has 1 aromatic carbocycles. The zero-order chi connectivity index (χ0) is 18.9. The van der Waals surface area contributed by atoms with Gasteiger partial charge in [0.2, 0.25) is 0 Å². The third kappa shape index (κ3) is 3.12. The highest BCUT2D eigenvalue weighted by atomic mass is 35.5. The lowest BCUT2D eigenvalue weighted by Gasteiger charge is -2.20. The summed E-state index contributed by atoms with van der Waals surface area (Å²) in [5.41, 5.74) is 5.10. The van der Waals surface area contributed by atoms with Gasteiger partial charge in [-0.2, -0.15) is 5.10 Å². The summed E-state index contributed by atoms with van der Waals surface area (Å²) in [6.07, 6.45) is 12.6. The summed E-state index contributed by atoms with van der Waals surface area (Å²) >= 11 is 6.22. The molecule has 2 aromatic heterocycles. The number of halogens is 1. The number of aromatic nitrogens is 3. The van der Waals surface area contributed by atoms with Crippen molar-refractivity contribution >= 4 is 28.2 Å². The lowest BCUT2D eigenvalue weighted by Crippen LogP contribution is -2.17. The van der Waals surface area contributed by atoms with Crippen LogP contribution in [0.1, 0.15) is 5.56 Å². The van der Waals surface area contributed by atoms with Crippen molar-refractivity contribution in [1.82, 2.24) is 20.1 Å². The van der Waals surface area contributed by atoms with Gasteiger partial charge in [0.05, 0.1) is 22.4 Å². The van der Waals surface area contributed by atoms with Crippen LogP contribution in [-0.4, -0.2) is 33.2 Å². The molecule has 0 aliphatic carbocycles. The minimum Gasteiger partial charge on any atom is -0.485 e. The van der Waals surface area contributed by atoms with Crippen LogP contribution in [0.4, 0.5) is 5.69 Å². The van der Waals surface area contributed by atoms with Gasteiger partial charge in [-0.25, -0.2) is 0 Å². The molecule has 2 aliphatic rings. The van der Waals surface area contributed by atoms with Crippen LogP contribution in [-0.2, 0) is 11.2 Å². The van der Waals surface area contributed by atoms with Crippen LogP contribution >= 0.6 is 11.6 Å². The normalized spacial score (nSPS) is 15.6. The van der Waals surface area contributed by atoms with Gasteiger partial charge < -0.3 is 15.0 Å². The first-order valence-electron chi connectivity index (χ1n) is 9.07. The van der Waals surface area contributed by atoms with Crippen LogP contribution in [0.3, 0.4) is 0 Å². The highest BCUT2D eigenvalue weighted by Crippen LogP contribution is 2.33. The maximum absolute atomic E-state index is 6.22. The maximum atomic E-state index is 6.22. The van der Waals surface area contributed by atoms with Crippen LogP contribution in [0.15, 0.2) is 78.4 Å². The Labute approximate surface area is 167 Å². The first-order chi connectivity index (χ1) is 13.8. The Morgan fingerprint density at radius 1 is 1.25 bits per heavy atom. The van der Waals surface area contributed by atoms with Crippen molar-refractivity contribution in [3.05, 3.63) is 88.9 Å². The average Bonchev–Trinajstić information content (AvgIpc) is 3.37. The Kier molecular flexibility index (Phi) is 4.25. The molecule has 28 heavy (non-hydrogen) atoms. The van der Waals surface area contributed by atoms with Gasteiger partial charge in [-0.05, 0) is 36.3 Å². The van der Waals surface area contributed by atoms with Gasteiger partial charge in [-0.15, -0.1) is 0 Å². The number of rotatable bonds is 5. The van der Waals surface area contributed by atoms with E-state index in [-0.39, 0.29) is 0 Å². The van der Waals surface area contributed by atoms with E-state index in [4.69, 9.17) is 16.3 Å². The number of aromatic amines is 1. The minimum atomic E-state index is 0.504. The van der Waals surface area contributed by atoms with Gasteiger partial charge in [0.1, 0.15) is 12.4 Å². The molecule has 3 aromatic rings. The number of pyridine rings is 1. The van der Waals surface area contributed by atoms with Crippen molar-refractivity contribution < 1.29 is 4.74 Å². The summed E-state index contributed by atoms with van der Waals surface area (Å²) < 4.78 is 5.91. The Morgan fingerprint density at radius 2 is 2.21 bits per heavy atom. The molecule has 0 atom stereocenters. The van der Waals surface area contributed by atoms with Crippen molar-refractivity contribution in [2.24, 2.45) is 0 Å². The second kappa shape index (κ2) is 7.05. The van der Waals surface area contributed by atoms with Gasteiger partial charge in [0, 0.05) is 48.0 Å². The molecule has 0 amide bonds. The first-order valence-corrected chi connectivity index (χ1v) is 9.45. The van der Waals surface area contributed by atoms with E-state index in [0.29, 0.717) is 11.6 Å². The SMILES string of the molecule is Clc1ccc(NC2=C3C=CN(CCc4cccnc4)C=C3OC2)c2cn[nH]c12.